The molecule has 0 amide bonds. The number of nitrogens with zero attached hydrogens (tertiary/aromatic N) is 2. The van der Waals surface area contributed by atoms with Gasteiger partial charge in [0.05, 0.1) is 0 Å². The maximum Gasteiger partial charge on any atom is 0.194 e. The summed E-state index contributed by atoms with van der Waals surface area (Å²) in [5.41, 5.74) is 0.309. The van der Waals surface area contributed by atoms with Crippen LogP contribution in [-0.2, 0) is 0 Å². The van der Waals surface area contributed by atoms with Gasteiger partial charge in [-0.3, -0.25) is 4.79 Å². The second kappa shape index (κ2) is 2.81. The summed E-state index contributed by atoms with van der Waals surface area (Å²) in [4.78, 5) is 22.1. The second-order valence-electron chi connectivity index (χ2n) is 2.63. The SMILES string of the molecule is Cc1nc(Cl)c2c(=O)cc[nH]c2n1. The van der Waals surface area contributed by atoms with E-state index in [1.165, 1.54) is 12.3 Å². The Hall–Kier alpha value is -1.42. The highest BCUT2D eigenvalue weighted by atomic mass is 35.5. The molecule has 0 aromatic carbocycles. The Labute approximate surface area is 78.6 Å². The highest BCUT2D eigenvalue weighted by molar-refractivity contribution is 6.33. The van der Waals surface area contributed by atoms with Crippen molar-refractivity contribution in [2.24, 2.45) is 0 Å². The summed E-state index contributed by atoms with van der Waals surface area (Å²) in [6, 6.07) is 1.40. The zero-order valence-electron chi connectivity index (χ0n) is 6.84. The largest absolute Gasteiger partial charge is 0.346 e. The molecule has 2 aromatic heterocycles. The minimum atomic E-state index is -0.168. The predicted octanol–water partition coefficient (Wildman–Crippen LogP) is 1.28. The molecule has 0 aliphatic heterocycles. The minimum Gasteiger partial charge on any atom is -0.346 e. The van der Waals surface area contributed by atoms with E-state index in [9.17, 15) is 4.79 Å². The summed E-state index contributed by atoms with van der Waals surface area (Å²) in [5.74, 6) is 0.541. The van der Waals surface area contributed by atoms with Crippen molar-refractivity contribution in [1.82, 2.24) is 15.0 Å². The normalized spacial score (nSPS) is 10.6. The van der Waals surface area contributed by atoms with Crippen molar-refractivity contribution in [3.05, 3.63) is 33.5 Å². The van der Waals surface area contributed by atoms with E-state index in [0.29, 0.717) is 16.9 Å². The van der Waals surface area contributed by atoms with E-state index in [4.69, 9.17) is 11.6 Å². The van der Waals surface area contributed by atoms with Crippen LogP contribution in [0, 0.1) is 6.92 Å². The number of H-pyrrole nitrogens is 1. The average Bonchev–Trinajstić information content (AvgIpc) is 2.02. The second-order valence-corrected chi connectivity index (χ2v) is 2.99. The molecule has 13 heavy (non-hydrogen) atoms. The molecule has 4 nitrogen and oxygen atoms in total. The van der Waals surface area contributed by atoms with Crippen LogP contribution in [0.3, 0.4) is 0 Å². The van der Waals surface area contributed by atoms with Crippen LogP contribution in [0.25, 0.3) is 11.0 Å². The van der Waals surface area contributed by atoms with E-state index in [-0.39, 0.29) is 10.6 Å². The van der Waals surface area contributed by atoms with Crippen LogP contribution in [0.15, 0.2) is 17.1 Å². The molecule has 5 heteroatoms. The Bertz CT molecular complexity index is 520. The number of hydrogen-bond acceptors (Lipinski definition) is 3. The Morgan fingerprint density at radius 1 is 1.46 bits per heavy atom. The number of aromatic nitrogens is 3. The predicted molar refractivity (Wildman–Crippen MR) is 49.9 cm³/mol. The van der Waals surface area contributed by atoms with E-state index in [1.54, 1.807) is 6.92 Å². The van der Waals surface area contributed by atoms with Crippen LogP contribution in [0.4, 0.5) is 0 Å². The highest BCUT2D eigenvalue weighted by Crippen LogP contribution is 2.13. The lowest BCUT2D eigenvalue weighted by atomic mass is 10.3. The topological polar surface area (TPSA) is 58.6 Å². The van der Waals surface area contributed by atoms with E-state index in [0.717, 1.165) is 0 Å². The summed E-state index contributed by atoms with van der Waals surface area (Å²) in [5, 5.41) is 0.541. The van der Waals surface area contributed by atoms with Gasteiger partial charge < -0.3 is 4.98 Å². The zero-order chi connectivity index (χ0) is 9.42. The van der Waals surface area contributed by atoms with Crippen molar-refractivity contribution in [3.63, 3.8) is 0 Å². The van der Waals surface area contributed by atoms with Crippen molar-refractivity contribution in [1.29, 1.82) is 0 Å². The van der Waals surface area contributed by atoms with E-state index >= 15 is 0 Å². The molecule has 0 saturated carbocycles. The Balaban J connectivity index is 3.03. The monoisotopic (exact) mass is 195 g/mol. The molecule has 0 fully saturated rings. The molecule has 2 rings (SSSR count). The van der Waals surface area contributed by atoms with Crippen molar-refractivity contribution < 1.29 is 0 Å². The Morgan fingerprint density at radius 2 is 2.23 bits per heavy atom. The van der Waals surface area contributed by atoms with Gasteiger partial charge in [0.25, 0.3) is 0 Å². The fraction of sp³-hybridized carbons (Fsp3) is 0.125. The fourth-order valence-electron chi connectivity index (χ4n) is 1.14. The highest BCUT2D eigenvalue weighted by Gasteiger charge is 2.06. The quantitative estimate of drug-likeness (QED) is 0.645. The number of nitrogens with one attached hydrogen (secondary N) is 1. The molecule has 2 heterocycles. The van der Waals surface area contributed by atoms with Crippen molar-refractivity contribution in [2.45, 2.75) is 6.92 Å². The van der Waals surface area contributed by atoms with Crippen molar-refractivity contribution >= 4 is 22.6 Å². The summed E-state index contributed by atoms with van der Waals surface area (Å²) >= 11 is 5.80. The summed E-state index contributed by atoms with van der Waals surface area (Å²) in [6.07, 6.45) is 1.54. The van der Waals surface area contributed by atoms with Crippen molar-refractivity contribution in [2.75, 3.05) is 0 Å². The average molecular weight is 196 g/mol. The molecule has 1 N–H and O–H groups in total. The maximum atomic E-state index is 11.3. The molecule has 0 spiro atoms. The molecule has 0 atom stereocenters. The molecule has 0 aliphatic rings. The van der Waals surface area contributed by atoms with Crippen molar-refractivity contribution in [3.8, 4) is 0 Å². The lowest BCUT2D eigenvalue weighted by Crippen LogP contribution is -2.04. The third kappa shape index (κ3) is 1.29. The molecule has 0 bridgehead atoms. The first kappa shape index (κ1) is 8.19. The number of fused-ring (bicyclic) bond motifs is 1. The minimum absolute atomic E-state index is 0.168. The summed E-state index contributed by atoms with van der Waals surface area (Å²) < 4.78 is 0. The summed E-state index contributed by atoms with van der Waals surface area (Å²) in [6.45, 7) is 1.72. The molecule has 2 aromatic rings. The van der Waals surface area contributed by atoms with Crippen LogP contribution in [-0.4, -0.2) is 15.0 Å². The number of rotatable bonds is 0. The van der Waals surface area contributed by atoms with E-state index in [2.05, 4.69) is 15.0 Å². The first-order valence-corrected chi connectivity index (χ1v) is 4.08. The number of aryl methyl sites for hydroxylation is 1. The molecular formula is C8H6ClN3O. The van der Waals surface area contributed by atoms with Gasteiger partial charge in [0.15, 0.2) is 5.43 Å². The Morgan fingerprint density at radius 3 is 3.00 bits per heavy atom. The lowest BCUT2D eigenvalue weighted by molar-refractivity contribution is 1.07. The van der Waals surface area contributed by atoms with Gasteiger partial charge in [-0.15, -0.1) is 0 Å². The van der Waals surface area contributed by atoms with Gasteiger partial charge in [-0.2, -0.15) is 0 Å². The fourth-order valence-corrected chi connectivity index (χ4v) is 1.45. The maximum absolute atomic E-state index is 11.3. The van der Waals surface area contributed by atoms with Crippen LogP contribution >= 0.6 is 11.6 Å². The molecular weight excluding hydrogens is 190 g/mol. The van der Waals surface area contributed by atoms with Gasteiger partial charge in [-0.05, 0) is 6.92 Å². The third-order valence-electron chi connectivity index (χ3n) is 1.68. The molecule has 66 valence electrons. The number of pyridine rings is 1. The van der Waals surface area contributed by atoms with Crippen LogP contribution < -0.4 is 5.43 Å². The van der Waals surface area contributed by atoms with Gasteiger partial charge in [0.2, 0.25) is 0 Å². The smallest absolute Gasteiger partial charge is 0.194 e. The first-order chi connectivity index (χ1) is 6.18. The van der Waals surface area contributed by atoms with Crippen LogP contribution in [0.5, 0.6) is 0 Å². The van der Waals surface area contributed by atoms with Gasteiger partial charge in [0.1, 0.15) is 22.0 Å². The third-order valence-corrected chi connectivity index (χ3v) is 1.95. The van der Waals surface area contributed by atoms with Crippen LogP contribution in [0.2, 0.25) is 5.15 Å². The van der Waals surface area contributed by atoms with Crippen LogP contribution in [0.1, 0.15) is 5.82 Å². The molecule has 0 saturated heterocycles. The van der Waals surface area contributed by atoms with Gasteiger partial charge >= 0.3 is 0 Å². The van der Waals surface area contributed by atoms with Gasteiger partial charge in [-0.25, -0.2) is 9.97 Å². The molecule has 0 unspecified atom stereocenters. The number of hydrogen-bond donors (Lipinski definition) is 1. The summed E-state index contributed by atoms with van der Waals surface area (Å²) in [7, 11) is 0. The van der Waals surface area contributed by atoms with Gasteiger partial charge in [0, 0.05) is 12.3 Å². The van der Waals surface area contributed by atoms with E-state index < -0.39 is 0 Å². The first-order valence-electron chi connectivity index (χ1n) is 3.70. The number of aromatic amines is 1. The van der Waals surface area contributed by atoms with E-state index in [1.807, 2.05) is 0 Å². The zero-order valence-corrected chi connectivity index (χ0v) is 7.59. The molecule has 0 aliphatic carbocycles. The Kier molecular flexibility index (Phi) is 1.77. The standard InChI is InChI=1S/C8H6ClN3O/c1-4-11-7(9)6-5(13)2-3-10-8(6)12-4/h2-3H,1H3,(H,10,11,12,13). The molecule has 0 radical (unpaired) electrons. The lowest BCUT2D eigenvalue weighted by Gasteiger charge is -1.98. The number of halogens is 1. The van der Waals surface area contributed by atoms with Gasteiger partial charge in [-0.1, -0.05) is 11.6 Å².